The third kappa shape index (κ3) is 1.50. The molecule has 0 fully saturated rings. The summed E-state index contributed by atoms with van der Waals surface area (Å²) in [5.74, 6) is 0. The highest BCUT2D eigenvalue weighted by Gasteiger charge is 2.29. The van der Waals surface area contributed by atoms with Crippen LogP contribution in [0.4, 0.5) is 0 Å². The smallest absolute Gasteiger partial charge is 0.0797 e. The summed E-state index contributed by atoms with van der Waals surface area (Å²) in [6, 6.07) is 7.98. The Labute approximate surface area is 94.7 Å². The monoisotopic (exact) mass is 219 g/mol. The first-order valence-electron chi connectivity index (χ1n) is 5.35. The number of aliphatic hydroxyl groups is 1. The lowest BCUT2D eigenvalue weighted by molar-refractivity contribution is 0.207. The number of para-hydroxylation sites is 1. The SMILES string of the molecule is Cn1nc(C(C)(CN)CO)c2ccccc21. The van der Waals surface area contributed by atoms with E-state index >= 15 is 0 Å². The third-order valence-corrected chi connectivity index (χ3v) is 3.13. The Bertz CT molecular complexity index is 500. The van der Waals surface area contributed by atoms with E-state index in [-0.39, 0.29) is 6.61 Å². The summed E-state index contributed by atoms with van der Waals surface area (Å²) in [7, 11) is 1.90. The van der Waals surface area contributed by atoms with E-state index in [1.165, 1.54) is 0 Å². The van der Waals surface area contributed by atoms with Gasteiger partial charge < -0.3 is 10.8 Å². The lowest BCUT2D eigenvalue weighted by Gasteiger charge is -2.23. The van der Waals surface area contributed by atoms with Crippen LogP contribution in [0.3, 0.4) is 0 Å². The zero-order valence-electron chi connectivity index (χ0n) is 9.64. The standard InChI is InChI=1S/C12H17N3O/c1-12(7-13,8-16)11-9-5-3-4-6-10(9)15(2)14-11/h3-6,16H,7-8,13H2,1-2H3. The number of nitrogens with two attached hydrogens (primary N) is 1. The Kier molecular flexibility index (Phi) is 2.69. The topological polar surface area (TPSA) is 64.1 Å². The van der Waals surface area contributed by atoms with Crippen LogP contribution in [0, 0.1) is 0 Å². The molecule has 0 aliphatic carbocycles. The van der Waals surface area contributed by atoms with Crippen LogP contribution in [0.5, 0.6) is 0 Å². The molecule has 1 unspecified atom stereocenters. The molecule has 1 heterocycles. The summed E-state index contributed by atoms with van der Waals surface area (Å²) in [5.41, 5.74) is 7.20. The maximum absolute atomic E-state index is 9.48. The van der Waals surface area contributed by atoms with E-state index in [2.05, 4.69) is 5.10 Å². The van der Waals surface area contributed by atoms with E-state index in [1.54, 1.807) is 0 Å². The summed E-state index contributed by atoms with van der Waals surface area (Å²) in [5, 5.41) is 15.0. The van der Waals surface area contributed by atoms with Crippen LogP contribution in [0.15, 0.2) is 24.3 Å². The van der Waals surface area contributed by atoms with Crippen molar-refractivity contribution in [1.29, 1.82) is 0 Å². The number of nitrogens with zero attached hydrogens (tertiary/aromatic N) is 2. The van der Waals surface area contributed by atoms with Gasteiger partial charge in [-0.15, -0.1) is 0 Å². The molecule has 1 aromatic carbocycles. The van der Waals surface area contributed by atoms with Crippen LogP contribution in [0.25, 0.3) is 10.9 Å². The normalized spacial score (nSPS) is 15.2. The fraction of sp³-hybridized carbons (Fsp3) is 0.417. The van der Waals surface area contributed by atoms with Crippen molar-refractivity contribution in [3.05, 3.63) is 30.0 Å². The molecule has 0 saturated carbocycles. The summed E-state index contributed by atoms with van der Waals surface area (Å²) in [6.07, 6.45) is 0. The zero-order valence-corrected chi connectivity index (χ0v) is 9.64. The minimum absolute atomic E-state index is 0.00447. The molecule has 0 saturated heterocycles. The Morgan fingerprint density at radius 2 is 2.12 bits per heavy atom. The first-order valence-corrected chi connectivity index (χ1v) is 5.35. The lowest BCUT2D eigenvalue weighted by Crippen LogP contribution is -2.36. The highest BCUT2D eigenvalue weighted by atomic mass is 16.3. The molecule has 0 radical (unpaired) electrons. The number of hydrogen-bond acceptors (Lipinski definition) is 3. The van der Waals surface area contributed by atoms with Gasteiger partial charge in [0.05, 0.1) is 17.8 Å². The number of benzene rings is 1. The van der Waals surface area contributed by atoms with Gasteiger partial charge in [-0.1, -0.05) is 25.1 Å². The van der Waals surface area contributed by atoms with E-state index in [0.717, 1.165) is 16.6 Å². The highest BCUT2D eigenvalue weighted by Crippen LogP contribution is 2.28. The van der Waals surface area contributed by atoms with Crippen molar-refractivity contribution >= 4 is 10.9 Å². The van der Waals surface area contributed by atoms with Gasteiger partial charge in [0.2, 0.25) is 0 Å². The molecule has 0 spiro atoms. The number of aromatic nitrogens is 2. The molecular formula is C12H17N3O. The summed E-state index contributed by atoms with van der Waals surface area (Å²) in [6.45, 7) is 2.32. The zero-order chi connectivity index (χ0) is 11.8. The van der Waals surface area contributed by atoms with Crippen LogP contribution in [-0.2, 0) is 12.5 Å². The largest absolute Gasteiger partial charge is 0.395 e. The Hall–Kier alpha value is -1.39. The van der Waals surface area contributed by atoms with Crippen molar-refractivity contribution in [2.45, 2.75) is 12.3 Å². The fourth-order valence-corrected chi connectivity index (χ4v) is 1.90. The second kappa shape index (κ2) is 3.88. The third-order valence-electron chi connectivity index (χ3n) is 3.13. The van der Waals surface area contributed by atoms with Gasteiger partial charge in [0.15, 0.2) is 0 Å². The molecule has 86 valence electrons. The van der Waals surface area contributed by atoms with Crippen molar-refractivity contribution in [2.24, 2.45) is 12.8 Å². The van der Waals surface area contributed by atoms with Crippen molar-refractivity contribution in [3.63, 3.8) is 0 Å². The van der Waals surface area contributed by atoms with Gasteiger partial charge in [-0.25, -0.2) is 0 Å². The number of fused-ring (bicyclic) bond motifs is 1. The second-order valence-corrected chi connectivity index (χ2v) is 4.41. The van der Waals surface area contributed by atoms with E-state index in [0.29, 0.717) is 6.54 Å². The van der Waals surface area contributed by atoms with Gasteiger partial charge >= 0.3 is 0 Å². The first kappa shape index (κ1) is 11.1. The van der Waals surface area contributed by atoms with Gasteiger partial charge in [0.25, 0.3) is 0 Å². The van der Waals surface area contributed by atoms with Gasteiger partial charge in [-0.2, -0.15) is 5.10 Å². The molecule has 0 aliphatic heterocycles. The number of rotatable bonds is 3. The molecule has 16 heavy (non-hydrogen) atoms. The Morgan fingerprint density at radius 3 is 2.75 bits per heavy atom. The van der Waals surface area contributed by atoms with Crippen molar-refractivity contribution in [3.8, 4) is 0 Å². The maximum Gasteiger partial charge on any atom is 0.0797 e. The van der Waals surface area contributed by atoms with E-state index in [9.17, 15) is 5.11 Å². The highest BCUT2D eigenvalue weighted by molar-refractivity contribution is 5.82. The van der Waals surface area contributed by atoms with Crippen molar-refractivity contribution in [1.82, 2.24) is 9.78 Å². The molecule has 4 nitrogen and oxygen atoms in total. The van der Waals surface area contributed by atoms with Gasteiger partial charge in [-0.05, 0) is 6.07 Å². The van der Waals surface area contributed by atoms with E-state index in [4.69, 9.17) is 5.73 Å². The molecule has 0 amide bonds. The number of aliphatic hydroxyl groups excluding tert-OH is 1. The van der Waals surface area contributed by atoms with Crippen molar-refractivity contribution in [2.75, 3.05) is 13.2 Å². The van der Waals surface area contributed by atoms with Gasteiger partial charge in [0.1, 0.15) is 0 Å². The molecule has 1 aromatic heterocycles. The quantitative estimate of drug-likeness (QED) is 0.802. The predicted molar refractivity (Wildman–Crippen MR) is 64.2 cm³/mol. The molecular weight excluding hydrogens is 202 g/mol. The Morgan fingerprint density at radius 1 is 1.44 bits per heavy atom. The summed E-state index contributed by atoms with van der Waals surface area (Å²) < 4.78 is 1.83. The maximum atomic E-state index is 9.48. The van der Waals surface area contributed by atoms with Crippen LogP contribution in [0.1, 0.15) is 12.6 Å². The second-order valence-electron chi connectivity index (χ2n) is 4.41. The minimum Gasteiger partial charge on any atom is -0.395 e. The molecule has 2 aromatic rings. The molecule has 0 bridgehead atoms. The average Bonchev–Trinajstić information content (AvgIpc) is 2.67. The molecule has 3 N–H and O–H groups in total. The predicted octanol–water partition coefficient (Wildman–Crippen LogP) is 0.782. The summed E-state index contributed by atoms with van der Waals surface area (Å²) >= 11 is 0. The van der Waals surface area contributed by atoms with Crippen LogP contribution in [-0.4, -0.2) is 28.0 Å². The average molecular weight is 219 g/mol. The Balaban J connectivity index is 2.70. The van der Waals surface area contributed by atoms with E-state index < -0.39 is 5.41 Å². The van der Waals surface area contributed by atoms with Gasteiger partial charge in [-0.3, -0.25) is 4.68 Å². The number of hydrogen-bond donors (Lipinski definition) is 2. The molecule has 4 heteroatoms. The summed E-state index contributed by atoms with van der Waals surface area (Å²) in [4.78, 5) is 0. The molecule has 1 atom stereocenters. The van der Waals surface area contributed by atoms with Crippen LogP contribution >= 0.6 is 0 Å². The minimum atomic E-state index is -0.471. The molecule has 2 rings (SSSR count). The number of aryl methyl sites for hydroxylation is 1. The van der Waals surface area contributed by atoms with Crippen LogP contribution in [0.2, 0.25) is 0 Å². The van der Waals surface area contributed by atoms with Crippen molar-refractivity contribution < 1.29 is 5.11 Å². The lowest BCUT2D eigenvalue weighted by atomic mass is 9.86. The fourth-order valence-electron chi connectivity index (χ4n) is 1.90. The first-order chi connectivity index (χ1) is 7.62. The van der Waals surface area contributed by atoms with Crippen LogP contribution < -0.4 is 5.73 Å². The van der Waals surface area contributed by atoms with Gasteiger partial charge in [0, 0.05) is 24.4 Å². The molecule has 0 aliphatic rings. The van der Waals surface area contributed by atoms with E-state index in [1.807, 2.05) is 42.9 Å².